The number of aromatic amines is 1. The molecule has 0 aliphatic carbocycles. The Kier molecular flexibility index (Phi) is 3.18. The van der Waals surface area contributed by atoms with Crippen LogP contribution in [0, 0.1) is 0 Å². The molecule has 1 unspecified atom stereocenters. The number of fused-ring (bicyclic) bond motifs is 1. The molecule has 1 atom stereocenters. The maximum Gasteiger partial charge on any atom is 0.256 e. The molecule has 2 amide bonds. The van der Waals surface area contributed by atoms with E-state index in [2.05, 4.69) is 10.3 Å². The molecule has 1 saturated heterocycles. The van der Waals surface area contributed by atoms with Crippen molar-refractivity contribution in [3.05, 3.63) is 36.0 Å². The van der Waals surface area contributed by atoms with Gasteiger partial charge in [0.1, 0.15) is 0 Å². The number of nitrogens with one attached hydrogen (secondary N) is 2. The van der Waals surface area contributed by atoms with Crippen molar-refractivity contribution in [2.75, 3.05) is 13.1 Å². The summed E-state index contributed by atoms with van der Waals surface area (Å²) in [6, 6.07) is 7.84. The Morgan fingerprint density at radius 3 is 2.95 bits per heavy atom. The smallest absolute Gasteiger partial charge is 0.256 e. The van der Waals surface area contributed by atoms with Crippen LogP contribution in [0.25, 0.3) is 10.9 Å². The normalized spacial score (nSPS) is 18.4. The zero-order chi connectivity index (χ0) is 14.1. The van der Waals surface area contributed by atoms with E-state index in [9.17, 15) is 9.59 Å². The van der Waals surface area contributed by atoms with Crippen molar-refractivity contribution in [2.24, 2.45) is 0 Å². The summed E-state index contributed by atoms with van der Waals surface area (Å²) >= 11 is 0. The highest BCUT2D eigenvalue weighted by molar-refractivity contribution is 6.06. The fraction of sp³-hybridized carbons (Fsp3) is 0.333. The zero-order valence-corrected chi connectivity index (χ0v) is 11.3. The number of nitrogens with zero attached hydrogens (tertiary/aromatic N) is 1. The molecule has 104 valence electrons. The van der Waals surface area contributed by atoms with Crippen LogP contribution in [0.1, 0.15) is 23.7 Å². The van der Waals surface area contributed by atoms with Gasteiger partial charge in [0.25, 0.3) is 5.91 Å². The summed E-state index contributed by atoms with van der Waals surface area (Å²) in [5.74, 6) is -0.0216. The molecule has 1 fully saturated rings. The number of H-pyrrole nitrogens is 1. The Morgan fingerprint density at radius 1 is 1.35 bits per heavy atom. The monoisotopic (exact) mass is 271 g/mol. The number of hydrogen-bond donors (Lipinski definition) is 2. The molecular formula is C15H17N3O2. The molecule has 0 bridgehead atoms. The topological polar surface area (TPSA) is 65.2 Å². The number of benzene rings is 1. The molecule has 3 rings (SSSR count). The van der Waals surface area contributed by atoms with Crippen LogP contribution in [-0.4, -0.2) is 40.8 Å². The molecule has 1 aliphatic heterocycles. The molecular weight excluding hydrogens is 254 g/mol. The Balaban J connectivity index is 1.78. The SMILES string of the molecule is CC(=O)NC1CCN(C(=O)c2c[nH]c3ccccc23)C1. The van der Waals surface area contributed by atoms with Gasteiger partial charge in [-0.3, -0.25) is 9.59 Å². The molecule has 5 heteroatoms. The number of rotatable bonds is 2. The first-order valence-electron chi connectivity index (χ1n) is 6.77. The van der Waals surface area contributed by atoms with Gasteiger partial charge >= 0.3 is 0 Å². The van der Waals surface area contributed by atoms with E-state index in [-0.39, 0.29) is 17.9 Å². The highest BCUT2D eigenvalue weighted by Gasteiger charge is 2.28. The number of para-hydroxylation sites is 1. The van der Waals surface area contributed by atoms with E-state index in [1.165, 1.54) is 6.92 Å². The number of aromatic nitrogens is 1. The first-order valence-corrected chi connectivity index (χ1v) is 6.77. The van der Waals surface area contributed by atoms with Gasteiger partial charge in [-0.2, -0.15) is 0 Å². The second-order valence-electron chi connectivity index (χ2n) is 5.19. The Morgan fingerprint density at radius 2 is 2.15 bits per heavy atom. The quantitative estimate of drug-likeness (QED) is 0.869. The summed E-state index contributed by atoms with van der Waals surface area (Å²) in [6.45, 7) is 2.77. The molecule has 2 heterocycles. The molecule has 0 saturated carbocycles. The van der Waals surface area contributed by atoms with Gasteiger partial charge < -0.3 is 15.2 Å². The van der Waals surface area contributed by atoms with Gasteiger partial charge in [-0.05, 0) is 12.5 Å². The lowest BCUT2D eigenvalue weighted by Gasteiger charge is -2.16. The average Bonchev–Trinajstić information content (AvgIpc) is 3.03. The van der Waals surface area contributed by atoms with Crippen molar-refractivity contribution < 1.29 is 9.59 Å². The molecule has 0 radical (unpaired) electrons. The average molecular weight is 271 g/mol. The van der Waals surface area contributed by atoms with E-state index in [1.807, 2.05) is 24.3 Å². The third-order valence-corrected chi connectivity index (χ3v) is 3.70. The van der Waals surface area contributed by atoms with Crippen LogP contribution in [0.4, 0.5) is 0 Å². The van der Waals surface area contributed by atoms with Gasteiger partial charge in [0, 0.05) is 43.2 Å². The second kappa shape index (κ2) is 5.00. The van der Waals surface area contributed by atoms with Gasteiger partial charge in [0.2, 0.25) is 5.91 Å². The summed E-state index contributed by atoms with van der Waals surface area (Å²) in [6.07, 6.45) is 2.58. The van der Waals surface area contributed by atoms with Crippen LogP contribution >= 0.6 is 0 Å². The van der Waals surface area contributed by atoms with Crippen molar-refractivity contribution in [2.45, 2.75) is 19.4 Å². The predicted octanol–water partition coefficient (Wildman–Crippen LogP) is 1.52. The van der Waals surface area contributed by atoms with Gasteiger partial charge in [-0.15, -0.1) is 0 Å². The molecule has 0 spiro atoms. The molecule has 1 aromatic heterocycles. The lowest BCUT2D eigenvalue weighted by molar-refractivity contribution is -0.119. The minimum absolute atomic E-state index is 0.0234. The van der Waals surface area contributed by atoms with Crippen molar-refractivity contribution >= 4 is 22.7 Å². The molecule has 1 aromatic carbocycles. The van der Waals surface area contributed by atoms with Gasteiger partial charge in [0.15, 0.2) is 0 Å². The molecule has 1 aliphatic rings. The number of carbonyl (C=O) groups is 2. The zero-order valence-electron chi connectivity index (χ0n) is 11.3. The van der Waals surface area contributed by atoms with Crippen molar-refractivity contribution in [1.29, 1.82) is 0 Å². The van der Waals surface area contributed by atoms with E-state index in [0.29, 0.717) is 18.7 Å². The minimum Gasteiger partial charge on any atom is -0.360 e. The highest BCUT2D eigenvalue weighted by atomic mass is 16.2. The van der Waals surface area contributed by atoms with Gasteiger partial charge in [-0.25, -0.2) is 0 Å². The second-order valence-corrected chi connectivity index (χ2v) is 5.19. The molecule has 2 aromatic rings. The van der Waals surface area contributed by atoms with E-state index >= 15 is 0 Å². The summed E-state index contributed by atoms with van der Waals surface area (Å²) in [7, 11) is 0. The third kappa shape index (κ3) is 2.27. The highest BCUT2D eigenvalue weighted by Crippen LogP contribution is 2.21. The largest absolute Gasteiger partial charge is 0.360 e. The fourth-order valence-electron chi connectivity index (χ4n) is 2.77. The molecule has 2 N–H and O–H groups in total. The minimum atomic E-state index is -0.0450. The van der Waals surface area contributed by atoms with Crippen molar-refractivity contribution in [3.8, 4) is 0 Å². The van der Waals surface area contributed by atoms with E-state index in [0.717, 1.165) is 17.3 Å². The molecule has 5 nitrogen and oxygen atoms in total. The van der Waals surface area contributed by atoms with Crippen molar-refractivity contribution in [3.63, 3.8) is 0 Å². The third-order valence-electron chi connectivity index (χ3n) is 3.70. The first kappa shape index (κ1) is 12.7. The van der Waals surface area contributed by atoms with Crippen LogP contribution in [0.3, 0.4) is 0 Å². The number of likely N-dealkylation sites (tertiary alicyclic amines) is 1. The fourth-order valence-corrected chi connectivity index (χ4v) is 2.77. The van der Waals surface area contributed by atoms with Gasteiger partial charge in [0.05, 0.1) is 5.56 Å². The van der Waals surface area contributed by atoms with Crippen LogP contribution in [-0.2, 0) is 4.79 Å². The Bertz CT molecular complexity index is 662. The Hall–Kier alpha value is -2.30. The van der Waals surface area contributed by atoms with Crippen molar-refractivity contribution in [1.82, 2.24) is 15.2 Å². The summed E-state index contributed by atoms with van der Waals surface area (Å²) in [5.41, 5.74) is 1.66. The number of amides is 2. The maximum atomic E-state index is 12.5. The summed E-state index contributed by atoms with van der Waals surface area (Å²) in [4.78, 5) is 28.5. The Labute approximate surface area is 117 Å². The van der Waals surface area contributed by atoms with Crippen LogP contribution < -0.4 is 5.32 Å². The van der Waals surface area contributed by atoms with Crippen LogP contribution in [0.2, 0.25) is 0 Å². The first-order chi connectivity index (χ1) is 9.65. The van der Waals surface area contributed by atoms with E-state index < -0.39 is 0 Å². The standard InChI is InChI=1S/C15H17N3O2/c1-10(19)17-11-6-7-18(9-11)15(20)13-8-16-14-5-3-2-4-12(13)14/h2-5,8,11,16H,6-7,9H2,1H3,(H,17,19). The van der Waals surface area contributed by atoms with E-state index in [4.69, 9.17) is 0 Å². The van der Waals surface area contributed by atoms with Crippen LogP contribution in [0.15, 0.2) is 30.5 Å². The lowest BCUT2D eigenvalue weighted by atomic mass is 10.1. The molecule has 20 heavy (non-hydrogen) atoms. The van der Waals surface area contributed by atoms with E-state index in [1.54, 1.807) is 11.1 Å². The lowest BCUT2D eigenvalue weighted by Crippen LogP contribution is -2.37. The predicted molar refractivity (Wildman–Crippen MR) is 76.4 cm³/mol. The maximum absolute atomic E-state index is 12.5. The summed E-state index contributed by atoms with van der Waals surface area (Å²) in [5, 5.41) is 3.81. The van der Waals surface area contributed by atoms with Crippen LogP contribution in [0.5, 0.6) is 0 Å². The summed E-state index contributed by atoms with van der Waals surface area (Å²) < 4.78 is 0. The number of carbonyl (C=O) groups excluding carboxylic acids is 2. The number of hydrogen-bond acceptors (Lipinski definition) is 2. The van der Waals surface area contributed by atoms with Gasteiger partial charge in [-0.1, -0.05) is 18.2 Å².